The Labute approximate surface area is 184 Å². The van der Waals surface area contributed by atoms with E-state index in [4.69, 9.17) is 4.74 Å². The zero-order valence-electron chi connectivity index (χ0n) is 17.8. The Hall–Kier alpha value is -2.57. The topological polar surface area (TPSA) is 61.9 Å². The number of rotatable bonds is 6. The second-order valence-electron chi connectivity index (χ2n) is 7.09. The van der Waals surface area contributed by atoms with Gasteiger partial charge in [0.25, 0.3) is 0 Å². The first kappa shape index (κ1) is 23.7. The molecule has 0 saturated carbocycles. The van der Waals surface area contributed by atoms with Crippen molar-refractivity contribution in [2.45, 2.75) is 33.1 Å². The van der Waals surface area contributed by atoms with Crippen molar-refractivity contribution in [3.8, 4) is 0 Å². The Morgan fingerprint density at radius 2 is 1.70 bits per heavy atom. The quantitative estimate of drug-likeness (QED) is 0.714. The number of amides is 2. The number of halogens is 1. The van der Waals surface area contributed by atoms with Crippen LogP contribution in [0.3, 0.4) is 0 Å². The highest BCUT2D eigenvalue weighted by atomic mass is 35.5. The lowest BCUT2D eigenvalue weighted by molar-refractivity contribution is -0.118. The molecule has 7 heteroatoms. The third-order valence-electron chi connectivity index (χ3n) is 5.44. The maximum absolute atomic E-state index is 13.4. The Bertz CT molecular complexity index is 884. The van der Waals surface area contributed by atoms with Crippen molar-refractivity contribution < 1.29 is 14.3 Å². The van der Waals surface area contributed by atoms with Gasteiger partial charge in [0.2, 0.25) is 5.91 Å². The number of nitrogens with one attached hydrogen (secondary N) is 1. The minimum atomic E-state index is -0.529. The van der Waals surface area contributed by atoms with Crippen LogP contribution in [0.15, 0.2) is 42.5 Å². The van der Waals surface area contributed by atoms with Crippen molar-refractivity contribution in [3.05, 3.63) is 53.6 Å². The van der Waals surface area contributed by atoms with Crippen molar-refractivity contribution >= 4 is 41.5 Å². The second kappa shape index (κ2) is 11.0. The second-order valence-corrected chi connectivity index (χ2v) is 7.09. The van der Waals surface area contributed by atoms with Gasteiger partial charge in [-0.3, -0.25) is 15.0 Å². The van der Waals surface area contributed by atoms with Crippen LogP contribution >= 0.6 is 12.4 Å². The van der Waals surface area contributed by atoms with Crippen molar-refractivity contribution in [2.75, 3.05) is 37.0 Å². The van der Waals surface area contributed by atoms with E-state index in [9.17, 15) is 9.59 Å². The summed E-state index contributed by atoms with van der Waals surface area (Å²) in [5.74, 6) is 0.0581. The summed E-state index contributed by atoms with van der Waals surface area (Å²) >= 11 is 0. The van der Waals surface area contributed by atoms with Gasteiger partial charge >= 0.3 is 6.09 Å². The molecule has 1 aliphatic rings. The van der Waals surface area contributed by atoms with Gasteiger partial charge in [-0.15, -0.1) is 12.4 Å². The van der Waals surface area contributed by atoms with E-state index in [0.717, 1.165) is 55.0 Å². The zero-order valence-corrected chi connectivity index (χ0v) is 18.6. The molecular formula is C23H30ClN3O3. The van der Waals surface area contributed by atoms with Gasteiger partial charge < -0.3 is 9.64 Å². The van der Waals surface area contributed by atoms with Crippen molar-refractivity contribution in [3.63, 3.8) is 0 Å². The van der Waals surface area contributed by atoms with Crippen LogP contribution in [0.4, 0.5) is 21.9 Å². The standard InChI is InChI=1S/C23H29N3O3.ClH/c1-4-25(5-2)15-14-22(27)26-20-9-7-6-8-17(20)10-11-18-12-13-19(16-21(18)26)24-23(28)29-3;/h6-9,12-13,16H,4-5,10-11,14-15H2,1-3H3,(H,24,28);1H. The highest BCUT2D eigenvalue weighted by Gasteiger charge is 2.26. The fourth-order valence-electron chi connectivity index (χ4n) is 3.74. The van der Waals surface area contributed by atoms with Gasteiger partial charge in [0, 0.05) is 18.7 Å². The van der Waals surface area contributed by atoms with E-state index >= 15 is 0 Å². The van der Waals surface area contributed by atoms with Crippen LogP contribution in [0.2, 0.25) is 0 Å². The predicted octanol–water partition coefficient (Wildman–Crippen LogP) is 4.78. The Balaban J connectivity index is 0.00000320. The number of methoxy groups -OCH3 is 1. The average molecular weight is 432 g/mol. The van der Waals surface area contributed by atoms with Gasteiger partial charge in [-0.25, -0.2) is 4.79 Å². The van der Waals surface area contributed by atoms with E-state index in [1.807, 2.05) is 41.3 Å². The summed E-state index contributed by atoms with van der Waals surface area (Å²) < 4.78 is 4.71. The predicted molar refractivity (Wildman–Crippen MR) is 123 cm³/mol. The maximum atomic E-state index is 13.4. The van der Waals surface area contributed by atoms with Crippen molar-refractivity contribution in [2.24, 2.45) is 0 Å². The Kier molecular flexibility index (Phi) is 8.69. The number of fused-ring (bicyclic) bond motifs is 2. The first-order valence-electron chi connectivity index (χ1n) is 10.2. The molecular weight excluding hydrogens is 402 g/mol. The molecule has 2 amide bonds. The molecule has 0 fully saturated rings. The van der Waals surface area contributed by atoms with E-state index in [0.29, 0.717) is 12.1 Å². The molecule has 0 saturated heterocycles. The molecule has 0 unspecified atom stereocenters. The van der Waals surface area contributed by atoms with Gasteiger partial charge in [-0.2, -0.15) is 0 Å². The first-order chi connectivity index (χ1) is 14.1. The molecule has 3 rings (SSSR count). The van der Waals surface area contributed by atoms with Crippen LogP contribution in [-0.4, -0.2) is 43.6 Å². The molecule has 0 aromatic heterocycles. The Morgan fingerprint density at radius 1 is 1.03 bits per heavy atom. The largest absolute Gasteiger partial charge is 0.453 e. The highest BCUT2D eigenvalue weighted by molar-refractivity contribution is 6.03. The molecule has 1 N–H and O–H groups in total. The number of carbonyl (C=O) groups excluding carboxylic acids is 2. The van der Waals surface area contributed by atoms with Crippen molar-refractivity contribution in [1.82, 2.24) is 4.90 Å². The van der Waals surface area contributed by atoms with Crippen LogP contribution in [0.25, 0.3) is 0 Å². The lowest BCUT2D eigenvalue weighted by atomic mass is 10.0. The number of ether oxygens (including phenoxy) is 1. The number of benzene rings is 2. The summed E-state index contributed by atoms with van der Waals surface area (Å²) in [5, 5.41) is 2.71. The van der Waals surface area contributed by atoms with Crippen LogP contribution in [0.5, 0.6) is 0 Å². The number of hydrogen-bond acceptors (Lipinski definition) is 4. The smallest absolute Gasteiger partial charge is 0.411 e. The molecule has 0 aliphatic carbocycles. The SMILES string of the molecule is CCN(CC)CCC(=O)N1c2ccccc2CCc2ccc(NC(=O)OC)cc21.Cl. The fraction of sp³-hybridized carbons (Fsp3) is 0.391. The van der Waals surface area contributed by atoms with Gasteiger partial charge in [0.15, 0.2) is 0 Å². The lowest BCUT2D eigenvalue weighted by Gasteiger charge is -2.27. The Morgan fingerprint density at radius 3 is 2.37 bits per heavy atom. The lowest BCUT2D eigenvalue weighted by Crippen LogP contribution is -2.32. The van der Waals surface area contributed by atoms with Gasteiger partial charge in [-0.05, 0) is 55.3 Å². The minimum absolute atomic E-state index is 0. The molecule has 0 bridgehead atoms. The number of aryl methyl sites for hydroxylation is 2. The molecule has 30 heavy (non-hydrogen) atoms. The number of para-hydroxylation sites is 1. The van der Waals surface area contributed by atoms with E-state index < -0.39 is 6.09 Å². The van der Waals surface area contributed by atoms with Crippen LogP contribution in [0.1, 0.15) is 31.4 Å². The molecule has 0 spiro atoms. The molecule has 6 nitrogen and oxygen atoms in total. The van der Waals surface area contributed by atoms with Gasteiger partial charge in [0.05, 0.1) is 18.5 Å². The molecule has 2 aromatic rings. The van der Waals surface area contributed by atoms with E-state index in [-0.39, 0.29) is 18.3 Å². The normalized spacial score (nSPS) is 12.3. The monoisotopic (exact) mass is 431 g/mol. The van der Waals surface area contributed by atoms with Crippen LogP contribution in [-0.2, 0) is 22.4 Å². The molecule has 0 radical (unpaired) electrons. The molecule has 0 atom stereocenters. The van der Waals surface area contributed by atoms with E-state index in [1.54, 1.807) is 0 Å². The van der Waals surface area contributed by atoms with Crippen LogP contribution < -0.4 is 10.2 Å². The number of anilines is 3. The van der Waals surface area contributed by atoms with E-state index in [1.165, 1.54) is 7.11 Å². The van der Waals surface area contributed by atoms with Crippen molar-refractivity contribution in [1.29, 1.82) is 0 Å². The average Bonchev–Trinajstić information content (AvgIpc) is 2.90. The number of carbonyl (C=O) groups is 2. The molecule has 162 valence electrons. The summed E-state index contributed by atoms with van der Waals surface area (Å²) in [4.78, 5) is 29.1. The zero-order chi connectivity index (χ0) is 20.8. The molecule has 2 aromatic carbocycles. The highest BCUT2D eigenvalue weighted by Crippen LogP contribution is 2.38. The minimum Gasteiger partial charge on any atom is -0.453 e. The summed E-state index contributed by atoms with van der Waals surface area (Å²) in [6.45, 7) is 6.78. The summed E-state index contributed by atoms with van der Waals surface area (Å²) in [5.41, 5.74) is 4.60. The summed E-state index contributed by atoms with van der Waals surface area (Å²) in [7, 11) is 1.33. The third-order valence-corrected chi connectivity index (χ3v) is 5.44. The molecule has 1 heterocycles. The summed E-state index contributed by atoms with van der Waals surface area (Å²) in [6.07, 6.45) is 1.61. The molecule has 1 aliphatic heterocycles. The first-order valence-corrected chi connectivity index (χ1v) is 10.2. The third kappa shape index (κ3) is 5.32. The van der Waals surface area contributed by atoms with Crippen LogP contribution in [0, 0.1) is 0 Å². The van der Waals surface area contributed by atoms with Gasteiger partial charge in [-0.1, -0.05) is 38.1 Å². The fourth-order valence-corrected chi connectivity index (χ4v) is 3.74. The number of nitrogens with zero attached hydrogens (tertiary/aromatic N) is 2. The number of hydrogen-bond donors (Lipinski definition) is 1. The van der Waals surface area contributed by atoms with E-state index in [2.05, 4.69) is 30.1 Å². The van der Waals surface area contributed by atoms with Gasteiger partial charge in [0.1, 0.15) is 0 Å². The maximum Gasteiger partial charge on any atom is 0.411 e. The summed E-state index contributed by atoms with van der Waals surface area (Å²) in [6, 6.07) is 13.8.